The van der Waals surface area contributed by atoms with Gasteiger partial charge in [0.25, 0.3) is 0 Å². The summed E-state index contributed by atoms with van der Waals surface area (Å²) in [6, 6.07) is 12.5. The first-order valence-electron chi connectivity index (χ1n) is 8.06. The zero-order chi connectivity index (χ0) is 18.3. The molecule has 7 heteroatoms. The second-order valence-corrected chi connectivity index (χ2v) is 7.10. The zero-order valence-electron chi connectivity index (χ0n) is 14.5. The minimum atomic E-state index is -3.63. The summed E-state index contributed by atoms with van der Waals surface area (Å²) in [6.45, 7) is 4.00. The van der Waals surface area contributed by atoms with Crippen molar-refractivity contribution in [1.82, 2.24) is 5.32 Å². The van der Waals surface area contributed by atoms with E-state index in [1.54, 1.807) is 19.2 Å². The second-order valence-electron chi connectivity index (χ2n) is 5.53. The van der Waals surface area contributed by atoms with Gasteiger partial charge >= 0.3 is 0 Å². The molecule has 0 fully saturated rings. The Morgan fingerprint density at radius 3 is 2.32 bits per heavy atom. The van der Waals surface area contributed by atoms with Gasteiger partial charge in [0, 0.05) is 6.54 Å². The molecule has 0 amide bonds. The van der Waals surface area contributed by atoms with Gasteiger partial charge in [0.15, 0.2) is 11.5 Å². The Hall–Kier alpha value is -2.09. The Kier molecular flexibility index (Phi) is 6.81. The monoisotopic (exact) mass is 364 g/mol. The maximum Gasteiger partial charge on any atom is 0.238 e. The van der Waals surface area contributed by atoms with Crippen LogP contribution in [0.4, 0.5) is 0 Å². The minimum absolute atomic E-state index is 0.130. The van der Waals surface area contributed by atoms with Crippen LogP contribution in [0.15, 0.2) is 47.4 Å². The molecule has 2 aromatic rings. The average Bonchev–Trinajstić information content (AvgIpc) is 2.59. The molecule has 2 aromatic carbocycles. The summed E-state index contributed by atoms with van der Waals surface area (Å²) in [6.07, 6.45) is 0.791. The number of methoxy groups -OCH3 is 1. The molecule has 0 spiro atoms. The van der Waals surface area contributed by atoms with Gasteiger partial charge in [0.1, 0.15) is 0 Å². The molecule has 2 rings (SSSR count). The Balaban J connectivity index is 1.86. The Labute approximate surface area is 149 Å². The highest BCUT2D eigenvalue weighted by atomic mass is 32.2. The van der Waals surface area contributed by atoms with Crippen LogP contribution in [-0.2, 0) is 23.0 Å². The first-order valence-corrected chi connectivity index (χ1v) is 9.61. The molecule has 3 N–H and O–H groups in total. The van der Waals surface area contributed by atoms with E-state index in [2.05, 4.69) is 5.32 Å². The maximum atomic E-state index is 11.2. The van der Waals surface area contributed by atoms with Crippen molar-refractivity contribution in [2.75, 3.05) is 20.3 Å². The molecule has 0 heterocycles. The number of primary sulfonamides is 1. The SMILES string of the molecule is CCOc1cc(CNCCc2ccc(S(N)(=O)=O)cc2)ccc1OC. The molecule has 0 aromatic heterocycles. The summed E-state index contributed by atoms with van der Waals surface area (Å²) >= 11 is 0. The molecular formula is C18H24N2O4S. The summed E-state index contributed by atoms with van der Waals surface area (Å²) in [5.41, 5.74) is 2.15. The van der Waals surface area contributed by atoms with Crippen LogP contribution in [-0.4, -0.2) is 28.7 Å². The molecule has 25 heavy (non-hydrogen) atoms. The molecule has 6 nitrogen and oxygen atoms in total. The first kappa shape index (κ1) is 19.2. The standard InChI is InChI=1S/C18H24N2O4S/c1-3-24-18-12-15(6-9-17(18)23-2)13-20-11-10-14-4-7-16(8-5-14)25(19,21)22/h4-9,12,20H,3,10-11,13H2,1-2H3,(H2,19,21,22). The van der Waals surface area contributed by atoms with Crippen LogP contribution in [0.2, 0.25) is 0 Å². The van der Waals surface area contributed by atoms with E-state index in [0.717, 1.165) is 35.6 Å². The Morgan fingerprint density at radius 1 is 1.04 bits per heavy atom. The van der Waals surface area contributed by atoms with Gasteiger partial charge < -0.3 is 14.8 Å². The van der Waals surface area contributed by atoms with Crippen molar-refractivity contribution in [1.29, 1.82) is 0 Å². The highest BCUT2D eigenvalue weighted by Gasteiger charge is 2.07. The summed E-state index contributed by atoms with van der Waals surface area (Å²) < 4.78 is 33.3. The number of rotatable bonds is 9. The lowest BCUT2D eigenvalue weighted by Crippen LogP contribution is -2.17. The van der Waals surface area contributed by atoms with Crippen molar-refractivity contribution < 1.29 is 17.9 Å². The third-order valence-corrected chi connectivity index (χ3v) is 4.63. The zero-order valence-corrected chi connectivity index (χ0v) is 15.3. The highest BCUT2D eigenvalue weighted by molar-refractivity contribution is 7.89. The first-order chi connectivity index (χ1) is 11.9. The van der Waals surface area contributed by atoms with E-state index in [0.29, 0.717) is 13.2 Å². The normalized spacial score (nSPS) is 11.3. The van der Waals surface area contributed by atoms with E-state index in [4.69, 9.17) is 14.6 Å². The summed E-state index contributed by atoms with van der Waals surface area (Å²) in [4.78, 5) is 0.130. The van der Waals surface area contributed by atoms with Gasteiger partial charge in [0.2, 0.25) is 10.0 Å². The maximum absolute atomic E-state index is 11.2. The highest BCUT2D eigenvalue weighted by Crippen LogP contribution is 2.27. The predicted octanol–water partition coefficient (Wildman–Crippen LogP) is 2.07. The largest absolute Gasteiger partial charge is 0.493 e. The van der Waals surface area contributed by atoms with Gasteiger partial charge in [-0.2, -0.15) is 0 Å². The Morgan fingerprint density at radius 2 is 1.72 bits per heavy atom. The molecule has 0 saturated carbocycles. The summed E-state index contributed by atoms with van der Waals surface area (Å²) in [5.74, 6) is 1.46. The number of hydrogen-bond acceptors (Lipinski definition) is 5. The molecule has 0 radical (unpaired) electrons. The number of nitrogens with two attached hydrogens (primary N) is 1. The van der Waals surface area contributed by atoms with E-state index in [-0.39, 0.29) is 4.90 Å². The van der Waals surface area contributed by atoms with Crippen LogP contribution >= 0.6 is 0 Å². The van der Waals surface area contributed by atoms with Crippen LogP contribution in [0.3, 0.4) is 0 Å². The fourth-order valence-electron chi connectivity index (χ4n) is 2.41. The van der Waals surface area contributed by atoms with Gasteiger partial charge in [0.05, 0.1) is 18.6 Å². The van der Waals surface area contributed by atoms with Crippen LogP contribution < -0.4 is 19.9 Å². The molecule has 0 aliphatic heterocycles. The fourth-order valence-corrected chi connectivity index (χ4v) is 2.93. The third-order valence-electron chi connectivity index (χ3n) is 3.70. The van der Waals surface area contributed by atoms with Gasteiger partial charge in [-0.1, -0.05) is 18.2 Å². The smallest absolute Gasteiger partial charge is 0.238 e. The van der Waals surface area contributed by atoms with Crippen LogP contribution in [0.5, 0.6) is 11.5 Å². The quantitative estimate of drug-likeness (QED) is 0.665. The third kappa shape index (κ3) is 5.74. The predicted molar refractivity (Wildman–Crippen MR) is 97.4 cm³/mol. The van der Waals surface area contributed by atoms with Gasteiger partial charge in [-0.15, -0.1) is 0 Å². The van der Waals surface area contributed by atoms with Crippen molar-refractivity contribution in [3.63, 3.8) is 0 Å². The van der Waals surface area contributed by atoms with Crippen molar-refractivity contribution in [3.8, 4) is 11.5 Å². The number of hydrogen-bond donors (Lipinski definition) is 2. The molecule has 0 aliphatic carbocycles. The second kappa shape index (κ2) is 8.84. The van der Waals surface area contributed by atoms with Gasteiger partial charge in [-0.25, -0.2) is 13.6 Å². The minimum Gasteiger partial charge on any atom is -0.493 e. The topological polar surface area (TPSA) is 90.6 Å². The number of ether oxygens (including phenoxy) is 2. The molecule has 0 bridgehead atoms. The number of nitrogens with one attached hydrogen (secondary N) is 1. The van der Waals surface area contributed by atoms with E-state index in [9.17, 15) is 8.42 Å². The van der Waals surface area contributed by atoms with Crippen molar-refractivity contribution in [2.45, 2.75) is 24.8 Å². The van der Waals surface area contributed by atoms with Crippen molar-refractivity contribution >= 4 is 10.0 Å². The molecule has 0 atom stereocenters. The lowest BCUT2D eigenvalue weighted by atomic mass is 10.1. The average molecular weight is 364 g/mol. The fraction of sp³-hybridized carbons (Fsp3) is 0.333. The molecule has 0 unspecified atom stereocenters. The lowest BCUT2D eigenvalue weighted by Gasteiger charge is -2.11. The van der Waals surface area contributed by atoms with Crippen LogP contribution in [0, 0.1) is 0 Å². The lowest BCUT2D eigenvalue weighted by molar-refractivity contribution is 0.310. The van der Waals surface area contributed by atoms with Crippen LogP contribution in [0.25, 0.3) is 0 Å². The van der Waals surface area contributed by atoms with Gasteiger partial charge in [-0.3, -0.25) is 0 Å². The van der Waals surface area contributed by atoms with E-state index >= 15 is 0 Å². The molecular weight excluding hydrogens is 340 g/mol. The molecule has 0 aliphatic rings. The summed E-state index contributed by atoms with van der Waals surface area (Å²) in [5, 5.41) is 8.45. The van der Waals surface area contributed by atoms with Crippen molar-refractivity contribution in [2.24, 2.45) is 5.14 Å². The van der Waals surface area contributed by atoms with E-state index < -0.39 is 10.0 Å². The summed E-state index contributed by atoms with van der Waals surface area (Å²) in [7, 11) is -2.01. The van der Waals surface area contributed by atoms with Crippen molar-refractivity contribution in [3.05, 3.63) is 53.6 Å². The van der Waals surface area contributed by atoms with Gasteiger partial charge in [-0.05, 0) is 55.3 Å². The number of sulfonamides is 1. The Bertz CT molecular complexity index is 789. The van der Waals surface area contributed by atoms with E-state index in [1.165, 1.54) is 12.1 Å². The number of benzene rings is 2. The van der Waals surface area contributed by atoms with Crippen LogP contribution in [0.1, 0.15) is 18.1 Å². The molecule has 0 saturated heterocycles. The van der Waals surface area contributed by atoms with E-state index in [1.807, 2.05) is 25.1 Å². The molecule has 136 valence electrons.